The molecule has 0 bridgehead atoms. The highest BCUT2D eigenvalue weighted by atomic mass is 35.5. The molecule has 0 aromatic heterocycles. The molecule has 4 rings (SSSR count). The van der Waals surface area contributed by atoms with Crippen LogP contribution in [0.15, 0.2) is 47.4 Å². The highest BCUT2D eigenvalue weighted by molar-refractivity contribution is 7.98. The van der Waals surface area contributed by atoms with E-state index in [1.165, 1.54) is 16.0 Å². The molecule has 1 saturated heterocycles. The molecule has 4 nitrogen and oxygen atoms in total. The van der Waals surface area contributed by atoms with Crippen LogP contribution < -0.4 is 4.90 Å². The lowest BCUT2D eigenvalue weighted by molar-refractivity contribution is -0.120. The first-order chi connectivity index (χ1) is 13.6. The Bertz CT molecular complexity index is 834. The van der Waals surface area contributed by atoms with Gasteiger partial charge in [0.25, 0.3) is 0 Å². The summed E-state index contributed by atoms with van der Waals surface area (Å²) in [6, 6.07) is 14.5. The molecular formula is C22H26ClN3OS. The van der Waals surface area contributed by atoms with E-state index < -0.39 is 0 Å². The fourth-order valence-corrected chi connectivity index (χ4v) is 4.58. The average Bonchev–Trinajstić information content (AvgIpc) is 3.14. The number of halogens is 1. The molecule has 2 aromatic carbocycles. The molecule has 2 heterocycles. The smallest absolute Gasteiger partial charge is 0.241 e. The number of carbonyl (C=O) groups is 1. The van der Waals surface area contributed by atoms with Crippen molar-refractivity contribution in [2.24, 2.45) is 0 Å². The van der Waals surface area contributed by atoms with Gasteiger partial charge in [-0.1, -0.05) is 23.7 Å². The fourth-order valence-electron chi connectivity index (χ4n) is 3.99. The maximum absolute atomic E-state index is 12.9. The molecule has 1 amide bonds. The highest BCUT2D eigenvalue weighted by Gasteiger charge is 2.27. The van der Waals surface area contributed by atoms with Gasteiger partial charge in [0.1, 0.15) is 0 Å². The van der Waals surface area contributed by atoms with E-state index in [-0.39, 0.29) is 5.91 Å². The Labute approximate surface area is 176 Å². The third-order valence-electron chi connectivity index (χ3n) is 5.63. The minimum absolute atomic E-state index is 0.224. The maximum Gasteiger partial charge on any atom is 0.241 e. The molecule has 0 radical (unpaired) electrons. The maximum atomic E-state index is 12.9. The molecular weight excluding hydrogens is 390 g/mol. The van der Waals surface area contributed by atoms with Gasteiger partial charge in [0, 0.05) is 54.9 Å². The van der Waals surface area contributed by atoms with Gasteiger partial charge in [-0.25, -0.2) is 0 Å². The van der Waals surface area contributed by atoms with E-state index in [2.05, 4.69) is 46.4 Å². The molecule has 0 saturated carbocycles. The second kappa shape index (κ2) is 8.87. The van der Waals surface area contributed by atoms with Crippen LogP contribution in [0.2, 0.25) is 5.02 Å². The van der Waals surface area contributed by atoms with Gasteiger partial charge in [-0.05, 0) is 54.1 Å². The second-order valence-electron chi connectivity index (χ2n) is 7.47. The standard InChI is InChI=1S/C22H26ClN3OS/c1-28-20-6-7-21-18(14-20)8-9-26(21)22(27)16-25-12-10-24(11-13-25)15-17-2-4-19(23)5-3-17/h2-7,14H,8-13,15-16H2,1H3. The summed E-state index contributed by atoms with van der Waals surface area (Å²) in [5, 5.41) is 0.778. The molecule has 0 atom stereocenters. The van der Waals surface area contributed by atoms with Crippen LogP contribution in [0.25, 0.3) is 0 Å². The van der Waals surface area contributed by atoms with E-state index in [1.807, 2.05) is 17.0 Å². The van der Waals surface area contributed by atoms with Crippen molar-refractivity contribution in [3.8, 4) is 0 Å². The minimum Gasteiger partial charge on any atom is -0.311 e. The number of nitrogens with zero attached hydrogens (tertiary/aromatic N) is 3. The van der Waals surface area contributed by atoms with Gasteiger partial charge in [-0.3, -0.25) is 14.6 Å². The largest absolute Gasteiger partial charge is 0.311 e. The van der Waals surface area contributed by atoms with E-state index in [9.17, 15) is 4.79 Å². The van der Waals surface area contributed by atoms with Crippen molar-refractivity contribution in [3.63, 3.8) is 0 Å². The SMILES string of the molecule is CSc1ccc2c(c1)CCN2C(=O)CN1CCN(Cc2ccc(Cl)cc2)CC1. The lowest BCUT2D eigenvalue weighted by atomic mass is 10.2. The van der Waals surface area contributed by atoms with Gasteiger partial charge in [-0.2, -0.15) is 0 Å². The average molecular weight is 416 g/mol. The second-order valence-corrected chi connectivity index (χ2v) is 8.78. The van der Waals surface area contributed by atoms with Crippen molar-refractivity contribution in [1.82, 2.24) is 9.80 Å². The molecule has 0 spiro atoms. The molecule has 2 aliphatic heterocycles. The van der Waals surface area contributed by atoms with Crippen molar-refractivity contribution < 1.29 is 4.79 Å². The number of anilines is 1. The van der Waals surface area contributed by atoms with Crippen LogP contribution in [0.5, 0.6) is 0 Å². The summed E-state index contributed by atoms with van der Waals surface area (Å²) in [6.07, 6.45) is 3.05. The number of fused-ring (bicyclic) bond motifs is 1. The van der Waals surface area contributed by atoms with Crippen LogP contribution in [-0.4, -0.2) is 61.2 Å². The number of amides is 1. The summed E-state index contributed by atoms with van der Waals surface area (Å²) >= 11 is 7.72. The van der Waals surface area contributed by atoms with Crippen LogP contribution >= 0.6 is 23.4 Å². The lowest BCUT2D eigenvalue weighted by Crippen LogP contribution is -2.49. The summed E-state index contributed by atoms with van der Waals surface area (Å²) in [6.45, 7) is 6.11. The topological polar surface area (TPSA) is 26.8 Å². The van der Waals surface area contributed by atoms with Crippen molar-refractivity contribution >= 4 is 35.0 Å². The van der Waals surface area contributed by atoms with E-state index in [0.717, 1.165) is 56.4 Å². The zero-order valence-corrected chi connectivity index (χ0v) is 17.8. The van der Waals surface area contributed by atoms with Crippen LogP contribution in [-0.2, 0) is 17.8 Å². The monoisotopic (exact) mass is 415 g/mol. The Morgan fingerprint density at radius 1 is 1.00 bits per heavy atom. The number of benzene rings is 2. The van der Waals surface area contributed by atoms with E-state index in [4.69, 9.17) is 11.6 Å². The molecule has 28 heavy (non-hydrogen) atoms. The van der Waals surface area contributed by atoms with Gasteiger partial charge in [-0.15, -0.1) is 11.8 Å². The molecule has 2 aromatic rings. The molecule has 148 valence electrons. The molecule has 2 aliphatic rings. The normalized spacial score (nSPS) is 17.7. The third-order valence-corrected chi connectivity index (χ3v) is 6.60. The fraction of sp³-hybridized carbons (Fsp3) is 0.409. The predicted octanol–water partition coefficient (Wildman–Crippen LogP) is 3.77. The predicted molar refractivity (Wildman–Crippen MR) is 117 cm³/mol. The summed E-state index contributed by atoms with van der Waals surface area (Å²) in [4.78, 5) is 20.9. The first-order valence-electron chi connectivity index (χ1n) is 9.79. The Morgan fingerprint density at radius 2 is 1.71 bits per heavy atom. The van der Waals surface area contributed by atoms with Crippen LogP contribution in [0.1, 0.15) is 11.1 Å². The third kappa shape index (κ3) is 4.54. The Balaban J connectivity index is 1.28. The van der Waals surface area contributed by atoms with Crippen LogP contribution in [0.3, 0.4) is 0 Å². The highest BCUT2D eigenvalue weighted by Crippen LogP contribution is 2.31. The van der Waals surface area contributed by atoms with Crippen molar-refractivity contribution in [3.05, 3.63) is 58.6 Å². The minimum atomic E-state index is 0.224. The Morgan fingerprint density at radius 3 is 2.43 bits per heavy atom. The van der Waals surface area contributed by atoms with Gasteiger partial charge in [0.2, 0.25) is 5.91 Å². The summed E-state index contributed by atoms with van der Waals surface area (Å²) in [5.74, 6) is 0.224. The molecule has 1 fully saturated rings. The van der Waals surface area contributed by atoms with E-state index >= 15 is 0 Å². The molecule has 0 aliphatic carbocycles. The van der Waals surface area contributed by atoms with Gasteiger partial charge >= 0.3 is 0 Å². The zero-order chi connectivity index (χ0) is 19.5. The number of rotatable bonds is 5. The van der Waals surface area contributed by atoms with Gasteiger partial charge in [0.05, 0.1) is 6.54 Å². The number of carbonyl (C=O) groups excluding carboxylic acids is 1. The van der Waals surface area contributed by atoms with E-state index in [1.54, 1.807) is 11.8 Å². The molecule has 0 N–H and O–H groups in total. The Kier molecular flexibility index (Phi) is 6.26. The zero-order valence-electron chi connectivity index (χ0n) is 16.2. The summed E-state index contributed by atoms with van der Waals surface area (Å²) in [5.41, 5.74) is 3.68. The van der Waals surface area contributed by atoms with Crippen LogP contribution in [0.4, 0.5) is 5.69 Å². The van der Waals surface area contributed by atoms with Crippen LogP contribution in [0, 0.1) is 0 Å². The van der Waals surface area contributed by atoms with Gasteiger partial charge in [0.15, 0.2) is 0 Å². The number of hydrogen-bond acceptors (Lipinski definition) is 4. The summed E-state index contributed by atoms with van der Waals surface area (Å²) < 4.78 is 0. The van der Waals surface area contributed by atoms with E-state index in [0.29, 0.717) is 6.54 Å². The quantitative estimate of drug-likeness (QED) is 0.694. The summed E-state index contributed by atoms with van der Waals surface area (Å²) in [7, 11) is 0. The lowest BCUT2D eigenvalue weighted by Gasteiger charge is -2.35. The van der Waals surface area contributed by atoms with Crippen molar-refractivity contribution in [2.45, 2.75) is 17.9 Å². The van der Waals surface area contributed by atoms with Crippen molar-refractivity contribution in [1.29, 1.82) is 0 Å². The molecule has 6 heteroatoms. The van der Waals surface area contributed by atoms with Crippen molar-refractivity contribution in [2.75, 3.05) is 50.4 Å². The molecule has 0 unspecified atom stereocenters. The first-order valence-corrected chi connectivity index (χ1v) is 11.4. The van der Waals surface area contributed by atoms with Gasteiger partial charge < -0.3 is 4.90 Å². The first kappa shape index (κ1) is 19.8. The Hall–Kier alpha value is -1.53. The number of thioether (sulfide) groups is 1. The number of hydrogen-bond donors (Lipinski definition) is 0. The number of piperazine rings is 1.